The molecule has 1 amide bonds. The molecule has 0 aromatic carbocycles. The highest BCUT2D eigenvalue weighted by Crippen LogP contribution is 2.26. The Morgan fingerprint density at radius 1 is 1.38 bits per heavy atom. The normalized spacial score (nSPS) is 18.6. The molecule has 1 aromatic rings. The number of pyridine rings is 1. The van der Waals surface area contributed by atoms with E-state index in [9.17, 15) is 4.79 Å². The molecule has 0 saturated carbocycles. The standard InChI is InChI=1S/C17H27N3O/c1-3-5-9-19-17(21)14-11-16(13-18-12-14)20-10-7-6-8-15(20)4-2/h11-13,15H,3-10H2,1-2H3,(H,19,21). The number of rotatable bonds is 6. The molecule has 4 heteroatoms. The van der Waals surface area contributed by atoms with Crippen LogP contribution in [0.2, 0.25) is 0 Å². The molecule has 1 saturated heterocycles. The molecule has 0 spiro atoms. The SMILES string of the molecule is CCCCNC(=O)c1cncc(N2CCCCC2CC)c1. The van der Waals surface area contributed by atoms with E-state index < -0.39 is 0 Å². The summed E-state index contributed by atoms with van der Waals surface area (Å²) < 4.78 is 0. The third-order valence-electron chi connectivity index (χ3n) is 4.23. The molecule has 1 aromatic heterocycles. The lowest BCUT2D eigenvalue weighted by Gasteiger charge is -2.37. The van der Waals surface area contributed by atoms with Gasteiger partial charge in [-0.05, 0) is 38.2 Å². The third-order valence-corrected chi connectivity index (χ3v) is 4.23. The summed E-state index contributed by atoms with van der Waals surface area (Å²) in [6.45, 7) is 6.16. The quantitative estimate of drug-likeness (QED) is 0.817. The Hall–Kier alpha value is -1.58. The number of nitrogens with zero attached hydrogens (tertiary/aromatic N) is 2. The van der Waals surface area contributed by atoms with E-state index in [1.807, 2.05) is 12.3 Å². The van der Waals surface area contributed by atoms with Gasteiger partial charge in [0.05, 0.1) is 17.4 Å². The largest absolute Gasteiger partial charge is 0.367 e. The van der Waals surface area contributed by atoms with Gasteiger partial charge >= 0.3 is 0 Å². The maximum Gasteiger partial charge on any atom is 0.252 e. The zero-order chi connectivity index (χ0) is 15.1. The first-order valence-electron chi connectivity index (χ1n) is 8.26. The van der Waals surface area contributed by atoms with Gasteiger partial charge in [0.1, 0.15) is 0 Å². The molecule has 1 aliphatic heterocycles. The van der Waals surface area contributed by atoms with Crippen molar-refractivity contribution in [2.45, 2.75) is 58.4 Å². The lowest BCUT2D eigenvalue weighted by atomic mass is 9.99. The number of nitrogens with one attached hydrogen (secondary N) is 1. The highest BCUT2D eigenvalue weighted by atomic mass is 16.1. The number of piperidine rings is 1. The van der Waals surface area contributed by atoms with Gasteiger partial charge in [0.25, 0.3) is 5.91 Å². The summed E-state index contributed by atoms with van der Waals surface area (Å²) in [6, 6.07) is 2.57. The minimum Gasteiger partial charge on any atom is -0.367 e. The van der Waals surface area contributed by atoms with Crippen LogP contribution in [0.15, 0.2) is 18.5 Å². The molecule has 1 unspecified atom stereocenters. The summed E-state index contributed by atoms with van der Waals surface area (Å²) in [7, 11) is 0. The van der Waals surface area contributed by atoms with E-state index in [-0.39, 0.29) is 5.91 Å². The van der Waals surface area contributed by atoms with E-state index in [0.29, 0.717) is 11.6 Å². The zero-order valence-corrected chi connectivity index (χ0v) is 13.3. The molecule has 2 rings (SSSR count). The van der Waals surface area contributed by atoms with Crippen molar-refractivity contribution in [3.05, 3.63) is 24.0 Å². The van der Waals surface area contributed by atoms with Crippen LogP contribution in [0, 0.1) is 0 Å². The van der Waals surface area contributed by atoms with Gasteiger partial charge in [-0.2, -0.15) is 0 Å². The fourth-order valence-electron chi connectivity index (χ4n) is 2.95. The van der Waals surface area contributed by atoms with Crippen LogP contribution in [-0.4, -0.2) is 30.0 Å². The predicted octanol–water partition coefficient (Wildman–Crippen LogP) is 3.38. The Morgan fingerprint density at radius 3 is 3.00 bits per heavy atom. The third kappa shape index (κ3) is 4.19. The van der Waals surface area contributed by atoms with Gasteiger partial charge in [0.15, 0.2) is 0 Å². The van der Waals surface area contributed by atoms with E-state index in [1.54, 1.807) is 6.20 Å². The first-order chi connectivity index (χ1) is 10.3. The summed E-state index contributed by atoms with van der Waals surface area (Å²) in [5.41, 5.74) is 1.76. The lowest BCUT2D eigenvalue weighted by molar-refractivity contribution is 0.0953. The second kappa shape index (κ2) is 8.01. The van der Waals surface area contributed by atoms with Gasteiger partial charge in [-0.1, -0.05) is 20.3 Å². The van der Waals surface area contributed by atoms with Crippen molar-refractivity contribution in [2.24, 2.45) is 0 Å². The number of hydrogen-bond acceptors (Lipinski definition) is 3. The van der Waals surface area contributed by atoms with Crippen molar-refractivity contribution < 1.29 is 4.79 Å². The molecule has 21 heavy (non-hydrogen) atoms. The topological polar surface area (TPSA) is 45.2 Å². The zero-order valence-electron chi connectivity index (χ0n) is 13.3. The molecule has 0 radical (unpaired) electrons. The number of unbranched alkanes of at least 4 members (excludes halogenated alkanes) is 1. The van der Waals surface area contributed by atoms with Crippen molar-refractivity contribution in [2.75, 3.05) is 18.0 Å². The fourth-order valence-corrected chi connectivity index (χ4v) is 2.95. The molecule has 1 fully saturated rings. The van der Waals surface area contributed by atoms with E-state index >= 15 is 0 Å². The summed E-state index contributed by atoms with van der Waals surface area (Å²) in [5, 5.41) is 2.96. The van der Waals surface area contributed by atoms with Crippen molar-refractivity contribution >= 4 is 11.6 Å². The maximum absolute atomic E-state index is 12.1. The second-order valence-electron chi connectivity index (χ2n) is 5.79. The summed E-state index contributed by atoms with van der Waals surface area (Å²) in [5.74, 6) is -0.0112. The molecule has 1 aliphatic rings. The van der Waals surface area contributed by atoms with Gasteiger partial charge in [-0.15, -0.1) is 0 Å². The van der Waals surface area contributed by atoms with Crippen molar-refractivity contribution in [1.29, 1.82) is 0 Å². The van der Waals surface area contributed by atoms with E-state index in [2.05, 4.69) is 29.0 Å². The van der Waals surface area contributed by atoms with E-state index in [1.165, 1.54) is 19.3 Å². The first kappa shape index (κ1) is 15.8. The molecular weight excluding hydrogens is 262 g/mol. The Morgan fingerprint density at radius 2 is 2.24 bits per heavy atom. The lowest BCUT2D eigenvalue weighted by Crippen LogP contribution is -2.39. The molecule has 2 heterocycles. The van der Waals surface area contributed by atoms with Crippen molar-refractivity contribution in [1.82, 2.24) is 10.3 Å². The van der Waals surface area contributed by atoms with Crippen LogP contribution in [0.1, 0.15) is 62.7 Å². The average Bonchev–Trinajstić information content (AvgIpc) is 2.55. The van der Waals surface area contributed by atoms with Gasteiger partial charge < -0.3 is 10.2 Å². The Labute approximate surface area is 127 Å². The molecule has 116 valence electrons. The number of anilines is 1. The molecular formula is C17H27N3O. The number of hydrogen-bond donors (Lipinski definition) is 1. The van der Waals surface area contributed by atoms with Gasteiger partial charge in [0.2, 0.25) is 0 Å². The highest BCUT2D eigenvalue weighted by molar-refractivity contribution is 5.94. The Kier molecular flexibility index (Phi) is 6.03. The van der Waals surface area contributed by atoms with Crippen molar-refractivity contribution in [3.8, 4) is 0 Å². The van der Waals surface area contributed by atoms with E-state index in [4.69, 9.17) is 0 Å². The Bertz CT molecular complexity index is 461. The highest BCUT2D eigenvalue weighted by Gasteiger charge is 2.21. The van der Waals surface area contributed by atoms with Crippen LogP contribution >= 0.6 is 0 Å². The summed E-state index contributed by atoms with van der Waals surface area (Å²) in [6.07, 6.45) is 10.6. The Balaban J connectivity index is 2.07. The number of aromatic nitrogens is 1. The monoisotopic (exact) mass is 289 g/mol. The first-order valence-corrected chi connectivity index (χ1v) is 8.26. The van der Waals surface area contributed by atoms with Gasteiger partial charge in [-0.3, -0.25) is 9.78 Å². The molecule has 1 atom stereocenters. The van der Waals surface area contributed by atoms with Gasteiger partial charge in [0, 0.05) is 25.3 Å². The summed E-state index contributed by atoms with van der Waals surface area (Å²) >= 11 is 0. The molecule has 0 aliphatic carbocycles. The van der Waals surface area contributed by atoms with Crippen LogP contribution in [0.3, 0.4) is 0 Å². The molecule has 4 nitrogen and oxygen atoms in total. The molecule has 0 bridgehead atoms. The predicted molar refractivity (Wildman–Crippen MR) is 86.8 cm³/mol. The minimum absolute atomic E-state index is 0.0112. The van der Waals surface area contributed by atoms with Crippen LogP contribution in [0.5, 0.6) is 0 Å². The van der Waals surface area contributed by atoms with Crippen LogP contribution < -0.4 is 10.2 Å². The number of amides is 1. The van der Waals surface area contributed by atoms with Gasteiger partial charge in [-0.25, -0.2) is 0 Å². The van der Waals surface area contributed by atoms with Crippen LogP contribution in [0.25, 0.3) is 0 Å². The second-order valence-corrected chi connectivity index (χ2v) is 5.79. The number of carbonyl (C=O) groups is 1. The summed E-state index contributed by atoms with van der Waals surface area (Å²) in [4.78, 5) is 18.8. The molecule has 1 N–H and O–H groups in total. The number of carbonyl (C=O) groups excluding carboxylic acids is 1. The van der Waals surface area contributed by atoms with Crippen LogP contribution in [0.4, 0.5) is 5.69 Å². The minimum atomic E-state index is -0.0112. The average molecular weight is 289 g/mol. The maximum atomic E-state index is 12.1. The van der Waals surface area contributed by atoms with Crippen molar-refractivity contribution in [3.63, 3.8) is 0 Å². The smallest absolute Gasteiger partial charge is 0.252 e. The van der Waals surface area contributed by atoms with Crippen LogP contribution in [-0.2, 0) is 0 Å². The van der Waals surface area contributed by atoms with E-state index in [0.717, 1.165) is 38.0 Å². The fraction of sp³-hybridized carbons (Fsp3) is 0.647.